The number of para-hydroxylation sites is 1. The van der Waals surface area contributed by atoms with Gasteiger partial charge in [-0.25, -0.2) is 18.4 Å². The van der Waals surface area contributed by atoms with Crippen LogP contribution in [-0.4, -0.2) is 70.9 Å². The van der Waals surface area contributed by atoms with E-state index in [0.717, 1.165) is 12.0 Å². The Bertz CT molecular complexity index is 1250. The number of aliphatic hydroxyl groups excluding tert-OH is 1. The molecule has 0 amide bonds. The van der Waals surface area contributed by atoms with Gasteiger partial charge in [0.15, 0.2) is 21.5 Å². The van der Waals surface area contributed by atoms with Gasteiger partial charge >= 0.3 is 0 Å². The topological polar surface area (TPSA) is 139 Å². The second kappa shape index (κ2) is 10.3. The normalized spacial score (nSPS) is 17.8. The van der Waals surface area contributed by atoms with Crippen molar-refractivity contribution in [2.75, 3.05) is 27.4 Å². The van der Waals surface area contributed by atoms with E-state index in [2.05, 4.69) is 20.2 Å². The van der Waals surface area contributed by atoms with E-state index in [9.17, 15) is 13.5 Å². The summed E-state index contributed by atoms with van der Waals surface area (Å²) in [6, 6.07) is 5.29. The third-order valence-corrected chi connectivity index (χ3v) is 8.13. The Balaban J connectivity index is 1.76. The van der Waals surface area contributed by atoms with Gasteiger partial charge in [0.2, 0.25) is 0 Å². The molecule has 0 saturated carbocycles. The van der Waals surface area contributed by atoms with Crippen LogP contribution in [0.2, 0.25) is 0 Å². The van der Waals surface area contributed by atoms with E-state index in [1.807, 2.05) is 6.92 Å². The molecule has 0 aliphatic carbocycles. The summed E-state index contributed by atoms with van der Waals surface area (Å²) < 4.78 is 45.2. The quantitative estimate of drug-likeness (QED) is 0.461. The van der Waals surface area contributed by atoms with E-state index < -0.39 is 26.9 Å². The molecule has 1 aromatic carbocycles. The smallest absolute Gasteiger partial charge is 0.163 e. The lowest BCUT2D eigenvalue weighted by Crippen LogP contribution is -2.29. The van der Waals surface area contributed by atoms with Crippen molar-refractivity contribution in [2.24, 2.45) is 0 Å². The fourth-order valence-electron chi connectivity index (χ4n) is 4.00. The highest BCUT2D eigenvalue weighted by atomic mass is 32.2. The van der Waals surface area contributed by atoms with Crippen LogP contribution in [0.5, 0.6) is 11.5 Å². The first-order valence-corrected chi connectivity index (χ1v) is 12.9. The van der Waals surface area contributed by atoms with Gasteiger partial charge in [-0.05, 0) is 38.0 Å². The Morgan fingerprint density at radius 1 is 1.17 bits per heavy atom. The van der Waals surface area contributed by atoms with E-state index in [4.69, 9.17) is 14.2 Å². The van der Waals surface area contributed by atoms with Crippen molar-refractivity contribution >= 4 is 9.84 Å². The molecular weight excluding hydrogens is 474 g/mol. The van der Waals surface area contributed by atoms with Crippen LogP contribution in [0.15, 0.2) is 30.6 Å². The minimum atomic E-state index is -3.92. The van der Waals surface area contributed by atoms with Crippen LogP contribution in [0.3, 0.4) is 0 Å². The van der Waals surface area contributed by atoms with Gasteiger partial charge < -0.3 is 19.3 Å². The minimum absolute atomic E-state index is 0.0448. The SMILES string of the molecule is COc1cccc(OC)c1-n1c(CS(=O)(=O)[C@@H](C)[C@H](O)c2ncc(C)cn2)nnc1[C@H]1CCOC1. The molecule has 12 heteroatoms. The standard InChI is InChI=1S/C23H29N5O6S/c1-14-10-24-22(25-11-14)21(29)15(2)35(30,31)13-19-26-27-23(16-8-9-34-12-16)28(19)20-17(32-3)6-5-7-18(20)33-4/h5-7,10-11,15-16,21,29H,8-9,12-13H2,1-4H3/t15-,16-,21-/m0/s1. The Kier molecular flexibility index (Phi) is 7.33. The molecule has 1 aliphatic rings. The number of aryl methyl sites for hydroxylation is 1. The zero-order valence-corrected chi connectivity index (χ0v) is 20.9. The van der Waals surface area contributed by atoms with Crippen LogP contribution >= 0.6 is 0 Å². The average Bonchev–Trinajstić information content (AvgIpc) is 3.52. The molecule has 11 nitrogen and oxygen atoms in total. The lowest BCUT2D eigenvalue weighted by Gasteiger charge is -2.21. The van der Waals surface area contributed by atoms with Crippen molar-refractivity contribution in [3.63, 3.8) is 0 Å². The summed E-state index contributed by atoms with van der Waals surface area (Å²) in [6.07, 6.45) is 2.39. The van der Waals surface area contributed by atoms with Crippen molar-refractivity contribution in [1.82, 2.24) is 24.7 Å². The predicted octanol–water partition coefficient (Wildman–Crippen LogP) is 1.92. The van der Waals surface area contributed by atoms with Crippen LogP contribution in [0.25, 0.3) is 5.69 Å². The number of hydrogen-bond acceptors (Lipinski definition) is 10. The van der Waals surface area contributed by atoms with Gasteiger partial charge in [0.25, 0.3) is 0 Å². The summed E-state index contributed by atoms with van der Waals surface area (Å²) >= 11 is 0. The van der Waals surface area contributed by atoms with E-state index in [1.54, 1.807) is 22.8 Å². The lowest BCUT2D eigenvalue weighted by atomic mass is 10.1. The number of nitrogens with zero attached hydrogens (tertiary/aromatic N) is 5. The molecule has 1 aliphatic heterocycles. The fraction of sp³-hybridized carbons (Fsp3) is 0.478. The number of rotatable bonds is 9. The fourth-order valence-corrected chi connectivity index (χ4v) is 5.32. The van der Waals surface area contributed by atoms with Gasteiger partial charge in [-0.2, -0.15) is 0 Å². The highest BCUT2D eigenvalue weighted by Gasteiger charge is 2.35. The molecule has 0 unspecified atom stereocenters. The summed E-state index contributed by atoms with van der Waals surface area (Å²) in [7, 11) is -0.866. The number of benzene rings is 1. The van der Waals surface area contributed by atoms with Crippen LogP contribution in [-0.2, 0) is 20.3 Å². The van der Waals surface area contributed by atoms with Crippen molar-refractivity contribution in [3.05, 3.63) is 53.6 Å². The Morgan fingerprint density at radius 3 is 2.40 bits per heavy atom. The van der Waals surface area contributed by atoms with E-state index in [1.165, 1.54) is 33.5 Å². The lowest BCUT2D eigenvalue weighted by molar-refractivity contribution is 0.166. The summed E-state index contributed by atoms with van der Waals surface area (Å²) in [5, 5.41) is 18.1. The molecule has 2 aromatic heterocycles. The predicted molar refractivity (Wildman–Crippen MR) is 126 cm³/mol. The third-order valence-electron chi connectivity index (χ3n) is 6.08. The van der Waals surface area contributed by atoms with Crippen LogP contribution in [0.1, 0.15) is 48.4 Å². The molecule has 3 aromatic rings. The van der Waals surface area contributed by atoms with Crippen molar-refractivity contribution in [1.29, 1.82) is 0 Å². The maximum atomic E-state index is 13.4. The number of sulfone groups is 1. The molecule has 188 valence electrons. The van der Waals surface area contributed by atoms with Gasteiger partial charge in [0.05, 0.1) is 26.1 Å². The van der Waals surface area contributed by atoms with E-state index >= 15 is 0 Å². The molecule has 3 atom stereocenters. The first kappa shape index (κ1) is 25.0. The molecule has 0 bridgehead atoms. The highest BCUT2D eigenvalue weighted by molar-refractivity contribution is 7.91. The molecular formula is C23H29N5O6S. The highest BCUT2D eigenvalue weighted by Crippen LogP contribution is 2.37. The molecule has 1 fully saturated rings. The summed E-state index contributed by atoms with van der Waals surface area (Å²) in [5.74, 6) is 1.19. The summed E-state index contributed by atoms with van der Waals surface area (Å²) in [4.78, 5) is 8.16. The van der Waals surface area contributed by atoms with Crippen LogP contribution < -0.4 is 9.47 Å². The molecule has 1 saturated heterocycles. The Morgan fingerprint density at radius 2 is 1.83 bits per heavy atom. The maximum absolute atomic E-state index is 13.4. The largest absolute Gasteiger partial charge is 0.494 e. The Hall–Kier alpha value is -3.09. The van der Waals surface area contributed by atoms with Gasteiger partial charge in [-0.15, -0.1) is 10.2 Å². The average molecular weight is 504 g/mol. The van der Waals surface area contributed by atoms with Gasteiger partial charge in [-0.1, -0.05) is 6.07 Å². The number of ether oxygens (including phenoxy) is 3. The monoisotopic (exact) mass is 503 g/mol. The van der Waals surface area contributed by atoms with E-state index in [-0.39, 0.29) is 17.6 Å². The second-order valence-corrected chi connectivity index (χ2v) is 10.8. The van der Waals surface area contributed by atoms with Gasteiger partial charge in [-0.3, -0.25) is 4.57 Å². The number of hydrogen-bond donors (Lipinski definition) is 1. The first-order valence-electron chi connectivity index (χ1n) is 11.2. The van der Waals surface area contributed by atoms with Crippen molar-refractivity contribution < 1.29 is 27.7 Å². The van der Waals surface area contributed by atoms with E-state index in [0.29, 0.717) is 36.2 Å². The van der Waals surface area contributed by atoms with Crippen molar-refractivity contribution in [2.45, 2.75) is 43.3 Å². The zero-order valence-electron chi connectivity index (χ0n) is 20.1. The second-order valence-electron chi connectivity index (χ2n) is 8.46. The number of aliphatic hydroxyl groups is 1. The molecule has 0 radical (unpaired) electrons. The first-order chi connectivity index (χ1) is 16.8. The maximum Gasteiger partial charge on any atom is 0.163 e. The number of methoxy groups -OCH3 is 2. The molecule has 4 rings (SSSR count). The molecule has 1 N–H and O–H groups in total. The molecule has 0 spiro atoms. The number of aromatic nitrogens is 5. The van der Waals surface area contributed by atoms with Gasteiger partial charge in [0.1, 0.15) is 34.9 Å². The summed E-state index contributed by atoms with van der Waals surface area (Å²) in [5.41, 5.74) is 1.31. The molecule has 35 heavy (non-hydrogen) atoms. The minimum Gasteiger partial charge on any atom is -0.494 e. The van der Waals surface area contributed by atoms with Crippen LogP contribution in [0.4, 0.5) is 0 Å². The van der Waals surface area contributed by atoms with Crippen LogP contribution in [0, 0.1) is 6.92 Å². The zero-order chi connectivity index (χ0) is 25.2. The Labute approximate surface area is 204 Å². The summed E-state index contributed by atoms with van der Waals surface area (Å²) in [6.45, 7) is 4.26. The molecule has 3 heterocycles. The van der Waals surface area contributed by atoms with Gasteiger partial charge in [0, 0.05) is 24.9 Å². The third kappa shape index (κ3) is 5.00. The van der Waals surface area contributed by atoms with Crippen molar-refractivity contribution in [3.8, 4) is 17.2 Å².